The second kappa shape index (κ2) is 8.13. The Morgan fingerprint density at radius 2 is 1.72 bits per heavy atom. The third kappa shape index (κ3) is 5.58. The van der Waals surface area contributed by atoms with Crippen LogP contribution in [0.3, 0.4) is 0 Å². The predicted molar refractivity (Wildman–Crippen MR) is 93.1 cm³/mol. The van der Waals surface area contributed by atoms with E-state index in [4.69, 9.17) is 16.3 Å². The molecular weight excluding hydrogens is 366 g/mol. The van der Waals surface area contributed by atoms with Gasteiger partial charge in [-0.1, -0.05) is 29.8 Å². The Bertz CT molecular complexity index is 878. The molecule has 0 saturated carbocycles. The molecule has 132 valence electrons. The van der Waals surface area contributed by atoms with E-state index < -0.39 is 28.3 Å². The van der Waals surface area contributed by atoms with E-state index in [0.29, 0.717) is 5.02 Å². The van der Waals surface area contributed by atoms with Crippen LogP contribution in [-0.4, -0.2) is 33.2 Å². The van der Waals surface area contributed by atoms with Crippen molar-refractivity contribution in [2.45, 2.75) is 11.4 Å². The van der Waals surface area contributed by atoms with E-state index in [1.807, 2.05) is 0 Å². The lowest BCUT2D eigenvalue weighted by Gasteiger charge is -2.08. The summed E-state index contributed by atoms with van der Waals surface area (Å²) in [6.07, 6.45) is 1.07. The van der Waals surface area contributed by atoms with Gasteiger partial charge in [0.15, 0.2) is 16.4 Å². The number of benzene rings is 2. The third-order valence-corrected chi connectivity index (χ3v) is 4.78. The van der Waals surface area contributed by atoms with Crippen LogP contribution in [-0.2, 0) is 25.9 Å². The van der Waals surface area contributed by atoms with Crippen molar-refractivity contribution in [3.63, 3.8) is 0 Å². The van der Waals surface area contributed by atoms with Crippen LogP contribution in [0.1, 0.15) is 15.9 Å². The molecule has 0 aromatic heterocycles. The molecule has 25 heavy (non-hydrogen) atoms. The summed E-state index contributed by atoms with van der Waals surface area (Å²) < 4.78 is 27.6. The van der Waals surface area contributed by atoms with Gasteiger partial charge >= 0.3 is 5.97 Å². The van der Waals surface area contributed by atoms with Crippen molar-refractivity contribution in [3.05, 3.63) is 64.7 Å². The van der Waals surface area contributed by atoms with Crippen LogP contribution in [0.5, 0.6) is 0 Å². The van der Waals surface area contributed by atoms with Gasteiger partial charge in [0, 0.05) is 17.8 Å². The van der Waals surface area contributed by atoms with E-state index in [1.54, 1.807) is 24.3 Å². The molecule has 1 N–H and O–H groups in total. The number of nitrogens with one attached hydrogen (secondary N) is 1. The summed E-state index contributed by atoms with van der Waals surface area (Å²) in [4.78, 5) is 23.7. The minimum absolute atomic E-state index is 0.0986. The highest BCUT2D eigenvalue weighted by atomic mass is 35.5. The lowest BCUT2D eigenvalue weighted by Crippen LogP contribution is -2.28. The van der Waals surface area contributed by atoms with Gasteiger partial charge in [-0.05, 0) is 35.9 Å². The molecule has 0 radical (unpaired) electrons. The van der Waals surface area contributed by atoms with Crippen LogP contribution < -0.4 is 5.32 Å². The third-order valence-electron chi connectivity index (χ3n) is 3.29. The van der Waals surface area contributed by atoms with Crippen molar-refractivity contribution in [2.75, 3.05) is 12.9 Å². The summed E-state index contributed by atoms with van der Waals surface area (Å²) in [6, 6.07) is 12.4. The molecule has 2 rings (SSSR count). The molecule has 2 aromatic rings. The first-order chi connectivity index (χ1) is 11.8. The maximum absolute atomic E-state index is 11.9. The van der Waals surface area contributed by atoms with Gasteiger partial charge < -0.3 is 10.1 Å². The SMILES string of the molecule is CS(=O)(=O)c1ccc(C(=O)OCC(=O)NCc2ccccc2Cl)cc1. The first-order valence-electron chi connectivity index (χ1n) is 7.25. The zero-order valence-corrected chi connectivity index (χ0v) is 14.9. The molecule has 1 amide bonds. The Labute approximate surface area is 150 Å². The molecule has 0 bridgehead atoms. The number of hydrogen-bond donors (Lipinski definition) is 1. The highest BCUT2D eigenvalue weighted by Gasteiger charge is 2.12. The molecule has 0 atom stereocenters. The van der Waals surface area contributed by atoms with E-state index in [0.717, 1.165) is 11.8 Å². The molecule has 0 aliphatic rings. The van der Waals surface area contributed by atoms with Gasteiger partial charge in [-0.15, -0.1) is 0 Å². The maximum Gasteiger partial charge on any atom is 0.338 e. The number of ether oxygens (including phenoxy) is 1. The van der Waals surface area contributed by atoms with Crippen molar-refractivity contribution >= 4 is 33.3 Å². The first-order valence-corrected chi connectivity index (χ1v) is 9.51. The number of esters is 1. The van der Waals surface area contributed by atoms with Crippen LogP contribution in [0.2, 0.25) is 5.02 Å². The number of amides is 1. The molecule has 0 fully saturated rings. The van der Waals surface area contributed by atoms with Crippen molar-refractivity contribution in [1.82, 2.24) is 5.32 Å². The Morgan fingerprint density at radius 1 is 1.08 bits per heavy atom. The minimum atomic E-state index is -3.34. The van der Waals surface area contributed by atoms with Crippen LogP contribution in [0.15, 0.2) is 53.4 Å². The highest BCUT2D eigenvalue weighted by molar-refractivity contribution is 7.90. The fourth-order valence-corrected chi connectivity index (χ4v) is 2.77. The Kier molecular flexibility index (Phi) is 6.17. The Hall–Kier alpha value is -2.38. The monoisotopic (exact) mass is 381 g/mol. The van der Waals surface area contributed by atoms with Crippen LogP contribution in [0.4, 0.5) is 0 Å². The zero-order chi connectivity index (χ0) is 18.4. The standard InChI is InChI=1S/C17H16ClNO5S/c1-25(22,23)14-8-6-12(7-9-14)17(21)24-11-16(20)19-10-13-4-2-3-5-15(13)18/h2-9H,10-11H2,1H3,(H,19,20). The summed E-state index contributed by atoms with van der Waals surface area (Å²) >= 11 is 5.98. The molecule has 0 aliphatic carbocycles. The van der Waals surface area contributed by atoms with Gasteiger partial charge in [0.2, 0.25) is 0 Å². The van der Waals surface area contributed by atoms with Gasteiger partial charge in [0.05, 0.1) is 10.5 Å². The van der Waals surface area contributed by atoms with Crippen molar-refractivity contribution in [2.24, 2.45) is 0 Å². The number of hydrogen-bond acceptors (Lipinski definition) is 5. The second-order valence-electron chi connectivity index (χ2n) is 5.24. The smallest absolute Gasteiger partial charge is 0.338 e. The number of sulfone groups is 1. The van der Waals surface area contributed by atoms with E-state index >= 15 is 0 Å². The molecular formula is C17H16ClNO5S. The van der Waals surface area contributed by atoms with Crippen molar-refractivity contribution in [1.29, 1.82) is 0 Å². The summed E-state index contributed by atoms with van der Waals surface area (Å²) in [5.41, 5.74) is 0.909. The lowest BCUT2D eigenvalue weighted by atomic mass is 10.2. The van der Waals surface area contributed by atoms with Crippen molar-refractivity contribution < 1.29 is 22.7 Å². The summed E-state index contributed by atoms with van der Waals surface area (Å²) in [5, 5.41) is 3.13. The number of carbonyl (C=O) groups excluding carboxylic acids is 2. The van der Waals surface area contributed by atoms with Gasteiger partial charge in [0.1, 0.15) is 0 Å². The fraction of sp³-hybridized carbons (Fsp3) is 0.176. The molecule has 8 heteroatoms. The summed E-state index contributed by atoms with van der Waals surface area (Å²) in [6.45, 7) is -0.226. The van der Waals surface area contributed by atoms with Crippen LogP contribution >= 0.6 is 11.6 Å². The van der Waals surface area contributed by atoms with Crippen LogP contribution in [0.25, 0.3) is 0 Å². The van der Waals surface area contributed by atoms with Crippen molar-refractivity contribution in [3.8, 4) is 0 Å². The largest absolute Gasteiger partial charge is 0.452 e. The molecule has 0 spiro atoms. The van der Waals surface area contributed by atoms with E-state index in [-0.39, 0.29) is 17.0 Å². The normalized spacial score (nSPS) is 11.0. The quantitative estimate of drug-likeness (QED) is 0.775. The Morgan fingerprint density at radius 3 is 2.32 bits per heavy atom. The van der Waals surface area contributed by atoms with E-state index in [9.17, 15) is 18.0 Å². The van der Waals surface area contributed by atoms with Gasteiger partial charge in [-0.2, -0.15) is 0 Å². The Balaban J connectivity index is 1.85. The molecule has 6 nitrogen and oxygen atoms in total. The van der Waals surface area contributed by atoms with E-state index in [1.165, 1.54) is 24.3 Å². The first kappa shape index (κ1) is 19.0. The molecule has 0 aliphatic heterocycles. The summed E-state index contributed by atoms with van der Waals surface area (Å²) in [5.74, 6) is -1.19. The zero-order valence-electron chi connectivity index (χ0n) is 13.4. The predicted octanol–water partition coefficient (Wildman–Crippen LogP) is 2.22. The average Bonchev–Trinajstić information content (AvgIpc) is 2.58. The molecule has 0 unspecified atom stereocenters. The summed E-state index contributed by atoms with van der Waals surface area (Å²) in [7, 11) is -3.34. The lowest BCUT2D eigenvalue weighted by molar-refractivity contribution is -0.124. The number of carbonyl (C=O) groups is 2. The molecule has 0 saturated heterocycles. The van der Waals surface area contributed by atoms with Crippen LogP contribution in [0, 0.1) is 0 Å². The molecule has 0 heterocycles. The number of rotatable bonds is 6. The average molecular weight is 382 g/mol. The molecule has 2 aromatic carbocycles. The van der Waals surface area contributed by atoms with Gasteiger partial charge in [-0.25, -0.2) is 13.2 Å². The van der Waals surface area contributed by atoms with Gasteiger partial charge in [0.25, 0.3) is 5.91 Å². The van der Waals surface area contributed by atoms with Gasteiger partial charge in [-0.3, -0.25) is 4.79 Å². The maximum atomic E-state index is 11.9. The van der Waals surface area contributed by atoms with E-state index in [2.05, 4.69) is 5.32 Å². The fourth-order valence-electron chi connectivity index (χ4n) is 1.94. The topological polar surface area (TPSA) is 89.5 Å². The highest BCUT2D eigenvalue weighted by Crippen LogP contribution is 2.14. The number of halogens is 1. The second-order valence-corrected chi connectivity index (χ2v) is 7.66. The minimum Gasteiger partial charge on any atom is -0.452 e.